The van der Waals surface area contributed by atoms with Gasteiger partial charge in [-0.1, -0.05) is 25.1 Å². The first kappa shape index (κ1) is 16.0. The van der Waals surface area contributed by atoms with E-state index in [9.17, 15) is 9.59 Å². The molecule has 2 rings (SSSR count). The number of carbonyl (C=O) groups excluding carboxylic acids is 1. The molecule has 2 aromatic rings. The first-order valence-electron chi connectivity index (χ1n) is 7.52. The lowest BCUT2D eigenvalue weighted by Gasteiger charge is -2.18. The van der Waals surface area contributed by atoms with Gasteiger partial charge in [-0.2, -0.15) is 0 Å². The van der Waals surface area contributed by atoms with Crippen molar-refractivity contribution < 1.29 is 4.79 Å². The number of nitrogens with zero attached hydrogens (tertiary/aromatic N) is 1. The van der Waals surface area contributed by atoms with Crippen LogP contribution in [0.15, 0.2) is 41.3 Å². The summed E-state index contributed by atoms with van der Waals surface area (Å²) in [4.78, 5) is 24.5. The molecule has 4 heteroatoms. The summed E-state index contributed by atoms with van der Waals surface area (Å²) in [6.07, 6.45) is 2.51. The highest BCUT2D eigenvalue weighted by atomic mass is 16.2. The lowest BCUT2D eigenvalue weighted by molar-refractivity contribution is -0.118. The minimum Gasteiger partial charge on any atom is -0.324 e. The van der Waals surface area contributed by atoms with E-state index < -0.39 is 6.04 Å². The fraction of sp³-hybridized carbons (Fsp3) is 0.333. The molecule has 116 valence electrons. The number of rotatable bonds is 4. The number of pyridine rings is 1. The van der Waals surface area contributed by atoms with E-state index >= 15 is 0 Å². The average Bonchev–Trinajstić information content (AvgIpc) is 2.48. The summed E-state index contributed by atoms with van der Waals surface area (Å²) in [5.74, 6) is -0.185. The molecule has 1 aromatic heterocycles. The molecule has 0 aliphatic heterocycles. The summed E-state index contributed by atoms with van der Waals surface area (Å²) in [6.45, 7) is 7.61. The van der Waals surface area contributed by atoms with Crippen LogP contribution in [0.2, 0.25) is 0 Å². The molecule has 0 bridgehead atoms. The van der Waals surface area contributed by atoms with Gasteiger partial charge in [-0.15, -0.1) is 0 Å². The molecular weight excluding hydrogens is 276 g/mol. The van der Waals surface area contributed by atoms with E-state index in [0.717, 1.165) is 28.8 Å². The van der Waals surface area contributed by atoms with Crippen molar-refractivity contribution >= 4 is 11.6 Å². The molecule has 0 saturated heterocycles. The van der Waals surface area contributed by atoms with E-state index in [-0.39, 0.29) is 11.5 Å². The molecule has 22 heavy (non-hydrogen) atoms. The number of hydrogen-bond acceptors (Lipinski definition) is 2. The summed E-state index contributed by atoms with van der Waals surface area (Å²) in [7, 11) is 0. The minimum atomic E-state index is -0.558. The predicted octanol–water partition coefficient (Wildman–Crippen LogP) is 3.23. The molecule has 0 spiro atoms. The van der Waals surface area contributed by atoms with Gasteiger partial charge >= 0.3 is 0 Å². The monoisotopic (exact) mass is 298 g/mol. The van der Waals surface area contributed by atoms with Gasteiger partial charge in [0.05, 0.1) is 0 Å². The highest BCUT2D eigenvalue weighted by Crippen LogP contribution is 2.22. The minimum absolute atomic E-state index is 0.164. The molecule has 0 radical (unpaired) electrons. The summed E-state index contributed by atoms with van der Waals surface area (Å²) in [6, 6.07) is 8.77. The van der Waals surface area contributed by atoms with E-state index in [2.05, 4.69) is 12.2 Å². The SMILES string of the molecule is CCc1cccc(C)c1NC(=O)C(C)n1ccc(C)cc1=O. The molecule has 1 aromatic carbocycles. The fourth-order valence-corrected chi connectivity index (χ4v) is 2.46. The number of amides is 1. The number of aromatic nitrogens is 1. The van der Waals surface area contributed by atoms with E-state index in [4.69, 9.17) is 0 Å². The average molecular weight is 298 g/mol. The molecule has 0 saturated carbocycles. The Balaban J connectivity index is 2.28. The topological polar surface area (TPSA) is 51.1 Å². The Morgan fingerprint density at radius 2 is 2.00 bits per heavy atom. The maximum absolute atomic E-state index is 12.5. The van der Waals surface area contributed by atoms with Gasteiger partial charge in [0.2, 0.25) is 5.91 Å². The van der Waals surface area contributed by atoms with Crippen molar-refractivity contribution in [3.05, 3.63) is 63.6 Å². The number of hydrogen-bond donors (Lipinski definition) is 1. The second-order valence-corrected chi connectivity index (χ2v) is 5.58. The molecule has 1 unspecified atom stereocenters. The predicted molar refractivity (Wildman–Crippen MR) is 89.3 cm³/mol. The zero-order valence-electron chi connectivity index (χ0n) is 13.5. The highest BCUT2D eigenvalue weighted by Gasteiger charge is 2.17. The number of anilines is 1. The molecule has 1 N–H and O–H groups in total. The Morgan fingerprint density at radius 1 is 1.27 bits per heavy atom. The molecule has 1 atom stereocenters. The van der Waals surface area contributed by atoms with E-state index in [1.807, 2.05) is 38.1 Å². The Labute approximate surface area is 130 Å². The van der Waals surface area contributed by atoms with Crippen LogP contribution in [-0.2, 0) is 11.2 Å². The normalized spacial score (nSPS) is 12.0. The van der Waals surface area contributed by atoms with Gasteiger partial charge in [-0.25, -0.2) is 0 Å². The van der Waals surface area contributed by atoms with Crippen molar-refractivity contribution in [2.75, 3.05) is 5.32 Å². The van der Waals surface area contributed by atoms with Crippen LogP contribution in [0.25, 0.3) is 0 Å². The lowest BCUT2D eigenvalue weighted by Crippen LogP contribution is -2.31. The van der Waals surface area contributed by atoms with Crippen molar-refractivity contribution in [3.63, 3.8) is 0 Å². The molecule has 4 nitrogen and oxygen atoms in total. The number of carbonyl (C=O) groups is 1. The second kappa shape index (κ2) is 6.60. The standard InChI is InChI=1S/C18H22N2O2/c1-5-15-8-6-7-13(3)17(15)19-18(22)14(4)20-10-9-12(2)11-16(20)21/h6-11,14H,5H2,1-4H3,(H,19,22). The molecule has 1 heterocycles. The maximum atomic E-state index is 12.5. The van der Waals surface area contributed by atoms with Crippen LogP contribution < -0.4 is 10.9 Å². The first-order chi connectivity index (χ1) is 10.4. The smallest absolute Gasteiger partial charge is 0.251 e. The van der Waals surface area contributed by atoms with E-state index in [0.29, 0.717) is 0 Å². The van der Waals surface area contributed by atoms with E-state index in [1.54, 1.807) is 13.1 Å². The number of benzene rings is 1. The third kappa shape index (κ3) is 3.27. The molecule has 0 aliphatic rings. The van der Waals surface area contributed by atoms with Crippen LogP contribution in [0, 0.1) is 13.8 Å². The van der Waals surface area contributed by atoms with Crippen molar-refractivity contribution in [3.8, 4) is 0 Å². The Kier molecular flexibility index (Phi) is 4.81. The van der Waals surface area contributed by atoms with Crippen LogP contribution in [-0.4, -0.2) is 10.5 Å². The number of aryl methyl sites for hydroxylation is 3. The van der Waals surface area contributed by atoms with Crippen LogP contribution in [0.3, 0.4) is 0 Å². The van der Waals surface area contributed by atoms with Crippen LogP contribution in [0.5, 0.6) is 0 Å². The molecule has 0 aliphatic carbocycles. The fourth-order valence-electron chi connectivity index (χ4n) is 2.46. The van der Waals surface area contributed by atoms with Gasteiger partial charge in [0, 0.05) is 18.0 Å². The molecule has 1 amide bonds. The third-order valence-corrected chi connectivity index (χ3v) is 3.89. The lowest BCUT2D eigenvalue weighted by atomic mass is 10.1. The molecule has 0 fully saturated rings. The maximum Gasteiger partial charge on any atom is 0.251 e. The zero-order chi connectivity index (χ0) is 16.3. The highest BCUT2D eigenvalue weighted by molar-refractivity contribution is 5.94. The van der Waals surface area contributed by atoms with Crippen molar-refractivity contribution in [2.24, 2.45) is 0 Å². The number of nitrogens with one attached hydrogen (secondary N) is 1. The zero-order valence-corrected chi connectivity index (χ0v) is 13.5. The van der Waals surface area contributed by atoms with Crippen LogP contribution in [0.1, 0.15) is 36.6 Å². The van der Waals surface area contributed by atoms with E-state index in [1.165, 1.54) is 10.6 Å². The Bertz CT molecular complexity index is 747. The third-order valence-electron chi connectivity index (χ3n) is 3.89. The van der Waals surface area contributed by atoms with Gasteiger partial charge in [0.15, 0.2) is 0 Å². The summed E-state index contributed by atoms with van der Waals surface area (Å²) < 4.78 is 1.45. The van der Waals surface area contributed by atoms with Crippen LogP contribution >= 0.6 is 0 Å². The Morgan fingerprint density at radius 3 is 2.64 bits per heavy atom. The second-order valence-electron chi connectivity index (χ2n) is 5.58. The Hall–Kier alpha value is -2.36. The van der Waals surface area contributed by atoms with Gasteiger partial charge in [0.25, 0.3) is 5.56 Å². The quantitative estimate of drug-likeness (QED) is 0.942. The van der Waals surface area contributed by atoms with Gasteiger partial charge < -0.3 is 9.88 Å². The summed E-state index contributed by atoms with van der Waals surface area (Å²) in [5, 5.41) is 2.97. The van der Waals surface area contributed by atoms with Gasteiger partial charge in [-0.05, 0) is 49.9 Å². The van der Waals surface area contributed by atoms with Crippen molar-refractivity contribution in [1.29, 1.82) is 0 Å². The van der Waals surface area contributed by atoms with Crippen LogP contribution in [0.4, 0.5) is 5.69 Å². The summed E-state index contributed by atoms with van der Waals surface area (Å²) >= 11 is 0. The van der Waals surface area contributed by atoms with Crippen molar-refractivity contribution in [2.45, 2.75) is 40.2 Å². The summed E-state index contributed by atoms with van der Waals surface area (Å²) in [5.41, 5.74) is 3.69. The van der Waals surface area contributed by atoms with Gasteiger partial charge in [-0.3, -0.25) is 9.59 Å². The largest absolute Gasteiger partial charge is 0.324 e. The molecular formula is C18H22N2O2. The number of para-hydroxylation sites is 1. The van der Waals surface area contributed by atoms with Crippen molar-refractivity contribution in [1.82, 2.24) is 4.57 Å². The van der Waals surface area contributed by atoms with Gasteiger partial charge in [0.1, 0.15) is 6.04 Å². The first-order valence-corrected chi connectivity index (χ1v) is 7.52.